The topological polar surface area (TPSA) is 38.8 Å². The maximum atomic E-state index is 13.1. The number of hydrogen-bond donors (Lipinski definition) is 0. The molecule has 0 radical (unpaired) electrons. The third-order valence-corrected chi connectivity index (χ3v) is 5.48. The average Bonchev–Trinajstić information content (AvgIpc) is 2.72. The number of methoxy groups -OCH3 is 2. The van der Waals surface area contributed by atoms with Crippen LogP contribution in [0.3, 0.4) is 0 Å². The summed E-state index contributed by atoms with van der Waals surface area (Å²) in [5.74, 6) is 1.67. The predicted molar refractivity (Wildman–Crippen MR) is 108 cm³/mol. The molecule has 0 aliphatic carbocycles. The molecule has 1 amide bonds. The average molecular weight is 367 g/mol. The normalized spacial score (nSPS) is 16.9. The van der Waals surface area contributed by atoms with Gasteiger partial charge in [-0.25, -0.2) is 0 Å². The summed E-state index contributed by atoms with van der Waals surface area (Å²) in [7, 11) is 3.31. The zero-order chi connectivity index (χ0) is 19.2. The molecular weight excluding hydrogens is 338 g/mol. The van der Waals surface area contributed by atoms with Gasteiger partial charge in [-0.1, -0.05) is 24.3 Å². The van der Waals surface area contributed by atoms with Crippen molar-refractivity contribution in [3.8, 4) is 11.5 Å². The zero-order valence-corrected chi connectivity index (χ0v) is 16.5. The van der Waals surface area contributed by atoms with Crippen molar-refractivity contribution in [2.24, 2.45) is 0 Å². The molecule has 0 aromatic heterocycles. The van der Waals surface area contributed by atoms with Gasteiger partial charge in [-0.15, -0.1) is 0 Å². The number of likely N-dealkylation sites (tertiary alicyclic amines) is 1. The molecular formula is C23H29NO3. The van der Waals surface area contributed by atoms with E-state index in [4.69, 9.17) is 9.47 Å². The van der Waals surface area contributed by atoms with E-state index < -0.39 is 0 Å². The third kappa shape index (κ3) is 4.44. The molecule has 4 heteroatoms. The largest absolute Gasteiger partial charge is 0.493 e. The minimum Gasteiger partial charge on any atom is -0.493 e. The standard InChI is InChI=1S/C23H29NO3/c1-17-8-4-5-10-20(17)23(25)24-15-7-6-9-19(24)13-11-18-12-14-21(26-2)22(16-18)27-3/h4-5,8,10,12,14,16,19H,6-7,9,11,13,15H2,1-3H3/t19-/m1/s1. The highest BCUT2D eigenvalue weighted by molar-refractivity contribution is 5.95. The predicted octanol–water partition coefficient (Wildman–Crippen LogP) is 4.64. The molecule has 0 unspecified atom stereocenters. The highest BCUT2D eigenvalue weighted by Gasteiger charge is 2.27. The van der Waals surface area contributed by atoms with Gasteiger partial charge in [-0.3, -0.25) is 4.79 Å². The van der Waals surface area contributed by atoms with Crippen LogP contribution in [0.15, 0.2) is 42.5 Å². The Morgan fingerprint density at radius 1 is 1.07 bits per heavy atom. The third-order valence-electron chi connectivity index (χ3n) is 5.48. The van der Waals surface area contributed by atoms with E-state index in [9.17, 15) is 4.79 Å². The molecule has 1 atom stereocenters. The highest BCUT2D eigenvalue weighted by atomic mass is 16.5. The Morgan fingerprint density at radius 3 is 2.59 bits per heavy atom. The van der Waals surface area contributed by atoms with E-state index in [-0.39, 0.29) is 5.91 Å². The molecule has 1 heterocycles. The van der Waals surface area contributed by atoms with Gasteiger partial charge < -0.3 is 14.4 Å². The van der Waals surface area contributed by atoms with Crippen LogP contribution < -0.4 is 9.47 Å². The summed E-state index contributed by atoms with van der Waals surface area (Å²) in [6, 6.07) is 14.2. The van der Waals surface area contributed by atoms with E-state index in [2.05, 4.69) is 11.0 Å². The van der Waals surface area contributed by atoms with Gasteiger partial charge in [0.1, 0.15) is 0 Å². The fourth-order valence-electron chi connectivity index (χ4n) is 3.91. The molecule has 0 spiro atoms. The van der Waals surface area contributed by atoms with E-state index in [0.717, 1.165) is 54.9 Å². The van der Waals surface area contributed by atoms with Gasteiger partial charge in [0, 0.05) is 18.2 Å². The number of hydrogen-bond acceptors (Lipinski definition) is 3. The Balaban J connectivity index is 1.71. The van der Waals surface area contributed by atoms with E-state index in [1.54, 1.807) is 14.2 Å². The number of rotatable bonds is 6. The van der Waals surface area contributed by atoms with Crippen LogP contribution in [0.2, 0.25) is 0 Å². The molecule has 4 nitrogen and oxygen atoms in total. The number of carbonyl (C=O) groups is 1. The second-order valence-corrected chi connectivity index (χ2v) is 7.19. The first-order valence-electron chi connectivity index (χ1n) is 9.71. The molecule has 1 aliphatic rings. The fourth-order valence-corrected chi connectivity index (χ4v) is 3.91. The van der Waals surface area contributed by atoms with Crippen molar-refractivity contribution in [3.63, 3.8) is 0 Å². The van der Waals surface area contributed by atoms with Crippen LogP contribution in [0.25, 0.3) is 0 Å². The second-order valence-electron chi connectivity index (χ2n) is 7.19. The molecule has 2 aromatic rings. The molecule has 0 bridgehead atoms. The molecule has 144 valence electrons. The van der Waals surface area contributed by atoms with Crippen LogP contribution in [-0.4, -0.2) is 37.6 Å². The molecule has 3 rings (SSSR count). The quantitative estimate of drug-likeness (QED) is 0.747. The minimum absolute atomic E-state index is 0.171. The summed E-state index contributed by atoms with van der Waals surface area (Å²) in [6.07, 6.45) is 5.24. The van der Waals surface area contributed by atoms with Crippen molar-refractivity contribution >= 4 is 5.91 Å². The van der Waals surface area contributed by atoms with Crippen LogP contribution >= 0.6 is 0 Å². The minimum atomic E-state index is 0.171. The van der Waals surface area contributed by atoms with Crippen LogP contribution in [0, 0.1) is 6.92 Å². The first-order valence-corrected chi connectivity index (χ1v) is 9.71. The van der Waals surface area contributed by atoms with Crippen LogP contribution in [-0.2, 0) is 6.42 Å². The Kier molecular flexibility index (Phi) is 6.38. The number of benzene rings is 2. The van der Waals surface area contributed by atoms with E-state index in [1.165, 1.54) is 12.0 Å². The fraction of sp³-hybridized carbons (Fsp3) is 0.435. The lowest BCUT2D eigenvalue weighted by Gasteiger charge is -2.36. The Hall–Kier alpha value is -2.49. The summed E-state index contributed by atoms with van der Waals surface area (Å²) in [5.41, 5.74) is 3.09. The lowest BCUT2D eigenvalue weighted by Crippen LogP contribution is -2.44. The molecule has 0 saturated carbocycles. The molecule has 27 heavy (non-hydrogen) atoms. The lowest BCUT2D eigenvalue weighted by atomic mass is 9.94. The zero-order valence-electron chi connectivity index (χ0n) is 16.5. The van der Waals surface area contributed by atoms with Gasteiger partial charge in [-0.05, 0) is 68.4 Å². The van der Waals surface area contributed by atoms with Crippen LogP contribution in [0.4, 0.5) is 0 Å². The number of piperidine rings is 1. The number of ether oxygens (including phenoxy) is 2. The number of nitrogens with zero attached hydrogens (tertiary/aromatic N) is 1. The van der Waals surface area contributed by atoms with Gasteiger partial charge in [0.15, 0.2) is 11.5 Å². The summed E-state index contributed by atoms with van der Waals surface area (Å²) in [5, 5.41) is 0. The smallest absolute Gasteiger partial charge is 0.254 e. The summed E-state index contributed by atoms with van der Waals surface area (Å²) < 4.78 is 10.7. The van der Waals surface area contributed by atoms with Gasteiger partial charge in [0.05, 0.1) is 14.2 Å². The Morgan fingerprint density at radius 2 is 1.85 bits per heavy atom. The highest BCUT2D eigenvalue weighted by Crippen LogP contribution is 2.29. The van der Waals surface area contributed by atoms with Gasteiger partial charge in [-0.2, -0.15) is 0 Å². The summed E-state index contributed by atoms with van der Waals surface area (Å²) in [4.78, 5) is 15.2. The van der Waals surface area contributed by atoms with E-state index in [0.29, 0.717) is 6.04 Å². The molecule has 1 saturated heterocycles. The molecule has 1 aliphatic heterocycles. The van der Waals surface area contributed by atoms with Crippen molar-refractivity contribution in [2.75, 3.05) is 20.8 Å². The van der Waals surface area contributed by atoms with Crippen molar-refractivity contribution < 1.29 is 14.3 Å². The van der Waals surface area contributed by atoms with Gasteiger partial charge in [0.2, 0.25) is 0 Å². The second kappa shape index (κ2) is 8.94. The molecule has 1 fully saturated rings. The van der Waals surface area contributed by atoms with Crippen LogP contribution in [0.5, 0.6) is 11.5 Å². The molecule has 0 N–H and O–H groups in total. The number of aryl methyl sites for hydroxylation is 2. The van der Waals surface area contributed by atoms with Gasteiger partial charge in [0.25, 0.3) is 5.91 Å². The lowest BCUT2D eigenvalue weighted by molar-refractivity contribution is 0.0601. The van der Waals surface area contributed by atoms with Crippen molar-refractivity contribution in [3.05, 3.63) is 59.2 Å². The van der Waals surface area contributed by atoms with Crippen LogP contribution in [0.1, 0.15) is 47.2 Å². The maximum absolute atomic E-state index is 13.1. The monoisotopic (exact) mass is 367 g/mol. The summed E-state index contributed by atoms with van der Waals surface area (Å²) in [6.45, 7) is 2.86. The van der Waals surface area contributed by atoms with E-state index in [1.807, 2.05) is 43.3 Å². The first-order chi connectivity index (χ1) is 13.1. The maximum Gasteiger partial charge on any atom is 0.254 e. The molecule has 2 aromatic carbocycles. The van der Waals surface area contributed by atoms with Crippen molar-refractivity contribution in [2.45, 2.75) is 45.1 Å². The number of amides is 1. The Bertz CT molecular complexity index is 787. The van der Waals surface area contributed by atoms with Gasteiger partial charge >= 0.3 is 0 Å². The van der Waals surface area contributed by atoms with Crippen molar-refractivity contribution in [1.29, 1.82) is 0 Å². The SMILES string of the molecule is COc1ccc(CC[C@H]2CCCCN2C(=O)c2ccccc2C)cc1OC. The first kappa shape index (κ1) is 19.3. The Labute approximate surface area is 162 Å². The van der Waals surface area contributed by atoms with Crippen molar-refractivity contribution in [1.82, 2.24) is 4.90 Å². The summed E-state index contributed by atoms with van der Waals surface area (Å²) >= 11 is 0. The van der Waals surface area contributed by atoms with E-state index >= 15 is 0 Å². The number of carbonyl (C=O) groups excluding carboxylic acids is 1.